The van der Waals surface area contributed by atoms with Crippen molar-refractivity contribution in [3.63, 3.8) is 0 Å². The molecular formula is C84H102BrKN20O11. The number of halogens is 1. The first-order valence-electron chi connectivity index (χ1n) is 40.3. The van der Waals surface area contributed by atoms with E-state index in [9.17, 15) is 47.9 Å². The molecule has 10 aliphatic rings. The Morgan fingerprint density at radius 2 is 0.598 bits per heavy atom. The number of fused-ring (bicyclic) bond motifs is 8. The van der Waals surface area contributed by atoms with Gasteiger partial charge < -0.3 is 49.3 Å². The van der Waals surface area contributed by atoms with E-state index in [1.807, 2.05) is 48.5 Å². The average molecular weight is 1690 g/mol. The molecule has 31 nitrogen and oxygen atoms in total. The molecule has 0 atom stereocenters. The number of nitrogens with zero attached hydrogens (tertiary/aromatic N) is 12. The number of aryl methyl sites for hydroxylation is 4. The van der Waals surface area contributed by atoms with E-state index in [-0.39, 0.29) is 142 Å². The maximum Gasteiger partial charge on any atom is 1.00 e. The number of aromatic nitrogens is 12. The van der Waals surface area contributed by atoms with Crippen molar-refractivity contribution in [3.05, 3.63) is 163 Å². The summed E-state index contributed by atoms with van der Waals surface area (Å²) in [7, 11) is 0. The number of nitrogens with two attached hydrogens (primary N) is 3. The molecule has 612 valence electrons. The minimum atomic E-state index is -0.395. The van der Waals surface area contributed by atoms with Gasteiger partial charge in [0.1, 0.15) is 88.9 Å². The number of hydrogen-bond donors (Lipinski definition) is 8. The van der Waals surface area contributed by atoms with Gasteiger partial charge in [0.2, 0.25) is 11.8 Å². The molecule has 0 radical (unpaired) electrons. The number of amides is 2. The van der Waals surface area contributed by atoms with Gasteiger partial charge in [-0.05, 0) is 195 Å². The molecule has 0 saturated heterocycles. The Balaban J connectivity index is 0.000000137. The average Bonchev–Trinajstić information content (AvgIpc) is 1.60. The van der Waals surface area contributed by atoms with E-state index in [1.54, 1.807) is 49.5 Å². The Hall–Kier alpha value is -9.38. The monoisotopic (exact) mass is 1680 g/mol. The maximum absolute atomic E-state index is 13.5. The number of Topliss-reactive ketones (excluding diaryl/α,β-unsaturated/α-hetero) is 4. The van der Waals surface area contributed by atoms with E-state index in [1.165, 1.54) is 31.7 Å². The van der Waals surface area contributed by atoms with Gasteiger partial charge in [0, 0.05) is 59.8 Å². The predicted octanol–water partition coefficient (Wildman–Crippen LogP) is 9.95. The number of nitrogens with one attached hydrogen (secondary N) is 5. The molecule has 12 heterocycles. The topological polar surface area (TPSA) is 462 Å². The Kier molecular flexibility index (Phi) is 26.2. The third-order valence-electron chi connectivity index (χ3n) is 25.2. The van der Waals surface area contributed by atoms with Crippen molar-refractivity contribution in [3.8, 4) is 0 Å². The van der Waals surface area contributed by atoms with Crippen molar-refractivity contribution >= 4 is 114 Å². The van der Waals surface area contributed by atoms with Crippen LogP contribution in [0.1, 0.15) is 266 Å². The molecule has 0 aromatic carbocycles. The molecule has 0 bridgehead atoms. The van der Waals surface area contributed by atoms with E-state index in [2.05, 4.69) is 82.4 Å². The number of ketones is 4. The molecule has 12 N–H and O–H groups in total. The van der Waals surface area contributed by atoms with Crippen LogP contribution in [0.3, 0.4) is 0 Å². The molecule has 18 rings (SSSR count). The van der Waals surface area contributed by atoms with Crippen LogP contribution in [0.4, 0.5) is 63.6 Å². The van der Waals surface area contributed by atoms with Gasteiger partial charge in [-0.2, -0.15) is 0 Å². The number of carbonyl (C=O) groups excluding carboxylic acids is 6. The Labute approximate surface area is 727 Å². The Bertz CT molecular complexity index is 5390. The number of nitrogen functional groups attached to an aromatic ring is 3. The van der Waals surface area contributed by atoms with Gasteiger partial charge in [-0.25, -0.2) is 39.9 Å². The minimum absolute atomic E-state index is 0. The largest absolute Gasteiger partial charge is 1.00 e. The van der Waals surface area contributed by atoms with Crippen molar-refractivity contribution in [1.82, 2.24) is 58.1 Å². The molecule has 8 aromatic rings. The van der Waals surface area contributed by atoms with Crippen LogP contribution in [-0.4, -0.2) is 98.6 Å². The first-order chi connectivity index (χ1) is 55.0. The minimum Gasteiger partial charge on any atom is -0.870 e. The number of hydrogen-bond acceptors (Lipinski definition) is 25. The maximum atomic E-state index is 13.5. The number of anilines is 11. The van der Waals surface area contributed by atoms with E-state index >= 15 is 0 Å². The third kappa shape index (κ3) is 17.2. The van der Waals surface area contributed by atoms with Gasteiger partial charge in [0.25, 0.3) is 22.2 Å². The molecule has 4 spiro atoms. The van der Waals surface area contributed by atoms with Gasteiger partial charge in [0.05, 0.1) is 49.4 Å². The summed E-state index contributed by atoms with van der Waals surface area (Å²) < 4.78 is 7.67. The summed E-state index contributed by atoms with van der Waals surface area (Å²) in [6, 6.07) is 6.99. The fourth-order valence-electron chi connectivity index (χ4n) is 18.7. The molecule has 6 aliphatic carbocycles. The second kappa shape index (κ2) is 35.3. The molecule has 33 heteroatoms. The quantitative estimate of drug-likeness (QED) is 0.0590. The summed E-state index contributed by atoms with van der Waals surface area (Å²) in [5.74, 6) is 4.23. The van der Waals surface area contributed by atoms with E-state index in [0.29, 0.717) is 133 Å². The predicted molar refractivity (Wildman–Crippen MR) is 444 cm³/mol. The number of carbonyl (C=O) groups is 6. The molecule has 8 aromatic heterocycles. The SMILES string of the molecule is Cc1c(N)ncnc1NC(=O)C1CC1.Cc1cc(Br)c(=O)n2c1C(=O)CC21CCCCC1.Cc1cc(Nc2ncnc(N)c2C)c(=O)n2c1C(=O)CC21CCCCC1.Cc1cc(Nc2ncnc(N)c2C)c(=O)n2c1C(=O)CC21CCCCC1.Cc1cc(Nc2ncnc(NC(=O)C3CC3)c2C)c(=O)n2c1C(=O)CC21CCCCC1.[K+].[OH-]. The molecule has 117 heavy (non-hydrogen) atoms. The molecule has 6 saturated carbocycles. The first-order valence-corrected chi connectivity index (χ1v) is 41.1. The third-order valence-corrected chi connectivity index (χ3v) is 25.7. The Morgan fingerprint density at radius 1 is 0.359 bits per heavy atom. The van der Waals surface area contributed by atoms with Crippen molar-refractivity contribution in [2.45, 2.75) is 257 Å². The molecular weight excluding hydrogens is 1580 g/mol. The second-order valence-electron chi connectivity index (χ2n) is 33.2. The van der Waals surface area contributed by atoms with Gasteiger partial charge in [-0.3, -0.25) is 66.2 Å². The van der Waals surface area contributed by atoms with Crippen LogP contribution in [0, 0.1) is 67.2 Å². The van der Waals surface area contributed by atoms with Gasteiger partial charge in [-0.1, -0.05) is 77.0 Å². The van der Waals surface area contributed by atoms with Crippen LogP contribution in [0.25, 0.3) is 0 Å². The molecule has 4 aliphatic heterocycles. The number of pyridine rings is 4. The van der Waals surface area contributed by atoms with Crippen LogP contribution < -0.4 is 117 Å². The van der Waals surface area contributed by atoms with E-state index in [4.69, 9.17) is 17.2 Å². The molecule has 0 unspecified atom stereocenters. The van der Waals surface area contributed by atoms with Crippen molar-refractivity contribution in [2.75, 3.05) is 43.8 Å². The van der Waals surface area contributed by atoms with E-state index < -0.39 is 5.54 Å². The van der Waals surface area contributed by atoms with Gasteiger partial charge >= 0.3 is 51.4 Å². The first kappa shape index (κ1) is 86.9. The smallest absolute Gasteiger partial charge is 0.870 e. The van der Waals surface area contributed by atoms with Crippen LogP contribution in [0.2, 0.25) is 0 Å². The summed E-state index contributed by atoms with van der Waals surface area (Å²) in [6.45, 7) is 14.8. The zero-order chi connectivity index (χ0) is 81.7. The number of rotatable bonds is 10. The van der Waals surface area contributed by atoms with Crippen LogP contribution in [-0.2, 0) is 31.7 Å². The zero-order valence-corrected chi connectivity index (χ0v) is 72.8. The fraction of sp³-hybridized carbons (Fsp3) is 0.500. The fourth-order valence-corrected chi connectivity index (χ4v) is 19.2. The summed E-state index contributed by atoms with van der Waals surface area (Å²) >= 11 is 3.32. The van der Waals surface area contributed by atoms with Crippen molar-refractivity contribution < 1.29 is 85.6 Å². The second-order valence-corrected chi connectivity index (χ2v) is 34.0. The summed E-state index contributed by atoms with van der Waals surface area (Å²) in [6.07, 6.45) is 31.4. The summed E-state index contributed by atoms with van der Waals surface area (Å²) in [5.41, 5.74) is 25.1. The van der Waals surface area contributed by atoms with Crippen molar-refractivity contribution in [1.29, 1.82) is 0 Å². The summed E-state index contributed by atoms with van der Waals surface area (Å²) in [5, 5.41) is 15.0. The normalized spacial score (nSPS) is 18.3. The van der Waals surface area contributed by atoms with E-state index in [0.717, 1.165) is 175 Å². The molecule has 6 fully saturated rings. The van der Waals surface area contributed by atoms with Crippen LogP contribution >= 0.6 is 15.9 Å². The zero-order valence-electron chi connectivity index (χ0n) is 68.1. The van der Waals surface area contributed by atoms with Gasteiger partial charge in [-0.15, -0.1) is 0 Å². The standard InChI is InChI=1S/C23H27N5O3.2C19H23N5O2.C14H16BrNO2.C9H12N4O.K.H2O/c1-13-10-16(22(31)28-18(13)17(29)11-23(28)8-4-3-5-9-23)26-19-14(2)20(25-12-24-19)27-21(30)15-6-7-15;2*1-11-8-13(23-17-12(2)16(20)21-10-22-17)18(26)24-15(11)14(25)9-19(24)6-4-3-5-7-19;1-9-7-10(15)13(18)16-12(9)11(17)8-14(16)5-3-2-4-6-14;1-5-7(10)11-4-12-8(5)13-9(14)6-2-3-6;;/h10,12,15H,3-9,11H2,1-2H3,(H2,24,25,26,27,30);2*8,10H,3-7,9H2,1-2H3,(H3,20,21,22,23);7H,2-6,8H2,1H3;4,6H,2-3H2,1H3,(H3,10,11,12,13,14);;1H2/q;;;;;+1;/p-1. The molecule has 2 amide bonds. The summed E-state index contributed by atoms with van der Waals surface area (Å²) in [4.78, 5) is 159. The van der Waals surface area contributed by atoms with Crippen LogP contribution in [0.5, 0.6) is 0 Å². The van der Waals surface area contributed by atoms with Gasteiger partial charge in [0.15, 0.2) is 23.1 Å². The Morgan fingerprint density at radius 3 is 0.889 bits per heavy atom. The van der Waals surface area contributed by atoms with Crippen LogP contribution in [0.15, 0.2) is 73.2 Å². The van der Waals surface area contributed by atoms with Crippen molar-refractivity contribution in [2.24, 2.45) is 11.8 Å².